The SMILES string of the molecule is CCOC(=O)CNC(=O)N1CCC[C@@H]1c1nc(-c2ccc(Cl)cc2)no1. The van der Waals surface area contributed by atoms with Crippen molar-refractivity contribution in [2.75, 3.05) is 19.7 Å². The number of esters is 1. The van der Waals surface area contributed by atoms with E-state index in [-0.39, 0.29) is 25.2 Å². The molecule has 1 aromatic heterocycles. The Morgan fingerprint density at radius 1 is 1.38 bits per heavy atom. The van der Waals surface area contributed by atoms with Crippen molar-refractivity contribution >= 4 is 23.6 Å². The number of hydrogen-bond donors (Lipinski definition) is 1. The first-order chi connectivity index (χ1) is 12.6. The summed E-state index contributed by atoms with van der Waals surface area (Å²) in [7, 11) is 0. The molecule has 1 aliphatic heterocycles. The van der Waals surface area contributed by atoms with Gasteiger partial charge in [-0.2, -0.15) is 4.98 Å². The average molecular weight is 379 g/mol. The van der Waals surface area contributed by atoms with Crippen LogP contribution in [0.4, 0.5) is 4.79 Å². The van der Waals surface area contributed by atoms with Gasteiger partial charge in [0.1, 0.15) is 12.6 Å². The van der Waals surface area contributed by atoms with Crippen molar-refractivity contribution in [3.8, 4) is 11.4 Å². The molecule has 0 bridgehead atoms. The van der Waals surface area contributed by atoms with E-state index in [0.717, 1.165) is 18.4 Å². The van der Waals surface area contributed by atoms with Gasteiger partial charge in [0.15, 0.2) is 0 Å². The van der Waals surface area contributed by atoms with Crippen LogP contribution in [0.5, 0.6) is 0 Å². The number of amides is 2. The Kier molecular flexibility index (Phi) is 5.72. The van der Waals surface area contributed by atoms with Gasteiger partial charge in [0.25, 0.3) is 0 Å². The average Bonchev–Trinajstić information content (AvgIpc) is 3.29. The van der Waals surface area contributed by atoms with Crippen molar-refractivity contribution in [3.63, 3.8) is 0 Å². The predicted octanol–water partition coefficient (Wildman–Crippen LogP) is 2.80. The molecule has 2 aromatic rings. The largest absolute Gasteiger partial charge is 0.465 e. The fourth-order valence-corrected chi connectivity index (χ4v) is 2.94. The normalized spacial score (nSPS) is 16.5. The van der Waals surface area contributed by atoms with E-state index in [1.165, 1.54) is 0 Å². The van der Waals surface area contributed by atoms with Crippen molar-refractivity contribution in [3.05, 3.63) is 35.2 Å². The van der Waals surface area contributed by atoms with Crippen molar-refractivity contribution < 1.29 is 18.8 Å². The Morgan fingerprint density at radius 2 is 2.15 bits per heavy atom. The van der Waals surface area contributed by atoms with Crippen LogP contribution in [0.3, 0.4) is 0 Å². The van der Waals surface area contributed by atoms with Gasteiger partial charge in [-0.05, 0) is 44.0 Å². The molecule has 1 aromatic carbocycles. The number of rotatable bonds is 5. The number of likely N-dealkylation sites (tertiary alicyclic amines) is 1. The van der Waals surface area contributed by atoms with Gasteiger partial charge in [-0.25, -0.2) is 4.79 Å². The second kappa shape index (κ2) is 8.18. The molecule has 8 nitrogen and oxygen atoms in total. The Morgan fingerprint density at radius 3 is 2.88 bits per heavy atom. The number of hydrogen-bond acceptors (Lipinski definition) is 6. The summed E-state index contributed by atoms with van der Waals surface area (Å²) in [5.41, 5.74) is 0.778. The highest BCUT2D eigenvalue weighted by molar-refractivity contribution is 6.30. The number of halogens is 1. The summed E-state index contributed by atoms with van der Waals surface area (Å²) in [5.74, 6) is 0.341. The smallest absolute Gasteiger partial charge is 0.325 e. The molecule has 2 heterocycles. The summed E-state index contributed by atoms with van der Waals surface area (Å²) in [6, 6.07) is 6.43. The lowest BCUT2D eigenvalue weighted by atomic mass is 10.2. The number of aromatic nitrogens is 2. The number of carbonyl (C=O) groups excluding carboxylic acids is 2. The second-order valence-electron chi connectivity index (χ2n) is 5.78. The number of carbonyl (C=O) groups is 2. The molecule has 0 spiro atoms. The molecular weight excluding hydrogens is 360 g/mol. The highest BCUT2D eigenvalue weighted by atomic mass is 35.5. The summed E-state index contributed by atoms with van der Waals surface area (Å²) in [5, 5.41) is 7.18. The number of ether oxygens (including phenoxy) is 1. The van der Waals surface area contributed by atoms with Crippen molar-refractivity contribution in [2.45, 2.75) is 25.8 Å². The van der Waals surface area contributed by atoms with Crippen LogP contribution in [0.2, 0.25) is 5.02 Å². The molecule has 0 saturated carbocycles. The first-order valence-corrected chi connectivity index (χ1v) is 8.76. The van der Waals surface area contributed by atoms with Crippen LogP contribution < -0.4 is 5.32 Å². The van der Waals surface area contributed by atoms with Crippen LogP contribution >= 0.6 is 11.6 Å². The van der Waals surface area contributed by atoms with Crippen LogP contribution in [0.15, 0.2) is 28.8 Å². The number of urea groups is 1. The van der Waals surface area contributed by atoms with Gasteiger partial charge in [-0.3, -0.25) is 4.79 Å². The van der Waals surface area contributed by atoms with Gasteiger partial charge in [-0.15, -0.1) is 0 Å². The molecule has 0 radical (unpaired) electrons. The van der Waals surface area contributed by atoms with E-state index in [1.54, 1.807) is 36.1 Å². The van der Waals surface area contributed by atoms with E-state index in [0.29, 0.717) is 23.3 Å². The minimum atomic E-state index is -0.473. The van der Waals surface area contributed by atoms with Gasteiger partial charge >= 0.3 is 12.0 Å². The van der Waals surface area contributed by atoms with E-state index < -0.39 is 5.97 Å². The van der Waals surface area contributed by atoms with Crippen LogP contribution in [0.1, 0.15) is 31.7 Å². The molecule has 1 aliphatic rings. The lowest BCUT2D eigenvalue weighted by Crippen LogP contribution is -2.42. The molecule has 1 saturated heterocycles. The van der Waals surface area contributed by atoms with Crippen molar-refractivity contribution in [1.29, 1.82) is 0 Å². The zero-order chi connectivity index (χ0) is 18.5. The summed E-state index contributed by atoms with van der Waals surface area (Å²) < 4.78 is 10.2. The third-order valence-electron chi connectivity index (χ3n) is 4.03. The minimum absolute atomic E-state index is 0.171. The Hall–Kier alpha value is -2.61. The maximum absolute atomic E-state index is 12.4. The summed E-state index contributed by atoms with van der Waals surface area (Å²) in [6.07, 6.45) is 1.53. The Balaban J connectivity index is 1.67. The van der Waals surface area contributed by atoms with Crippen LogP contribution in [0, 0.1) is 0 Å². The third kappa shape index (κ3) is 4.13. The molecular formula is C17H19ClN4O4. The summed E-state index contributed by atoms with van der Waals surface area (Å²) in [6.45, 7) is 2.37. The van der Waals surface area contributed by atoms with E-state index in [4.69, 9.17) is 20.9 Å². The first-order valence-electron chi connectivity index (χ1n) is 8.38. The van der Waals surface area contributed by atoms with Crippen LogP contribution in [-0.2, 0) is 9.53 Å². The highest BCUT2D eigenvalue weighted by Crippen LogP contribution is 2.32. The summed E-state index contributed by atoms with van der Waals surface area (Å²) in [4.78, 5) is 29.8. The second-order valence-corrected chi connectivity index (χ2v) is 6.21. The molecule has 2 amide bonds. The van der Waals surface area contributed by atoms with Gasteiger partial charge in [-0.1, -0.05) is 16.8 Å². The van der Waals surface area contributed by atoms with Crippen molar-refractivity contribution in [1.82, 2.24) is 20.4 Å². The van der Waals surface area contributed by atoms with Gasteiger partial charge in [0.2, 0.25) is 11.7 Å². The van der Waals surface area contributed by atoms with Gasteiger partial charge in [0.05, 0.1) is 6.61 Å². The van der Waals surface area contributed by atoms with Crippen LogP contribution in [-0.4, -0.2) is 46.7 Å². The quantitative estimate of drug-likeness (QED) is 0.803. The molecule has 1 fully saturated rings. The first kappa shape index (κ1) is 18.2. The third-order valence-corrected chi connectivity index (χ3v) is 4.28. The molecule has 0 unspecified atom stereocenters. The van der Waals surface area contributed by atoms with Gasteiger partial charge < -0.3 is 19.5 Å². The lowest BCUT2D eigenvalue weighted by molar-refractivity contribution is -0.141. The molecule has 1 atom stereocenters. The van der Waals surface area contributed by atoms with E-state index in [2.05, 4.69) is 15.5 Å². The highest BCUT2D eigenvalue weighted by Gasteiger charge is 2.34. The molecule has 1 N–H and O–H groups in total. The fraction of sp³-hybridized carbons (Fsp3) is 0.412. The zero-order valence-electron chi connectivity index (χ0n) is 14.3. The number of benzene rings is 1. The van der Waals surface area contributed by atoms with Crippen LogP contribution in [0.25, 0.3) is 11.4 Å². The Bertz CT molecular complexity index is 777. The van der Waals surface area contributed by atoms with E-state index in [1.807, 2.05) is 0 Å². The molecule has 3 rings (SSSR count). The van der Waals surface area contributed by atoms with E-state index >= 15 is 0 Å². The Labute approximate surface area is 155 Å². The zero-order valence-corrected chi connectivity index (χ0v) is 15.0. The monoisotopic (exact) mass is 378 g/mol. The number of nitrogens with one attached hydrogen (secondary N) is 1. The van der Waals surface area contributed by atoms with Gasteiger partial charge in [0, 0.05) is 17.1 Å². The van der Waals surface area contributed by atoms with E-state index in [9.17, 15) is 9.59 Å². The molecule has 0 aliphatic carbocycles. The number of nitrogens with zero attached hydrogens (tertiary/aromatic N) is 3. The molecule has 26 heavy (non-hydrogen) atoms. The topological polar surface area (TPSA) is 97.6 Å². The maximum Gasteiger partial charge on any atom is 0.325 e. The minimum Gasteiger partial charge on any atom is -0.465 e. The lowest BCUT2D eigenvalue weighted by Gasteiger charge is -2.21. The fourth-order valence-electron chi connectivity index (χ4n) is 2.81. The van der Waals surface area contributed by atoms with Crippen molar-refractivity contribution in [2.24, 2.45) is 0 Å². The standard InChI is InChI=1S/C17H19ClN4O4/c1-2-25-14(23)10-19-17(24)22-9-3-4-13(22)16-20-15(21-26-16)11-5-7-12(18)8-6-11/h5-8,13H,2-4,9-10H2,1H3,(H,19,24)/t13-/m1/s1. The summed E-state index contributed by atoms with van der Waals surface area (Å²) >= 11 is 5.89. The molecule has 138 valence electrons. The predicted molar refractivity (Wildman–Crippen MR) is 93.5 cm³/mol. The maximum atomic E-state index is 12.4. The molecule has 9 heteroatoms.